The van der Waals surface area contributed by atoms with Crippen molar-refractivity contribution in [1.29, 1.82) is 0 Å². The van der Waals surface area contributed by atoms with E-state index in [0.717, 1.165) is 11.8 Å². The van der Waals surface area contributed by atoms with E-state index in [1.165, 1.54) is 12.1 Å². The lowest BCUT2D eigenvalue weighted by atomic mass is 10.3. The molecule has 1 N–H and O–H groups in total. The van der Waals surface area contributed by atoms with Crippen LogP contribution in [-0.4, -0.2) is 21.9 Å². The number of para-hydroxylation sites is 1. The molecule has 0 aliphatic carbocycles. The Morgan fingerprint density at radius 1 is 1.19 bits per heavy atom. The Kier molecular flexibility index (Phi) is 6.08. The number of hydrogen-bond donors (Lipinski definition) is 1. The van der Waals surface area contributed by atoms with E-state index in [9.17, 15) is 9.18 Å². The van der Waals surface area contributed by atoms with Gasteiger partial charge in [-0.25, -0.2) is 4.39 Å². The first kappa shape index (κ1) is 18.2. The summed E-state index contributed by atoms with van der Waals surface area (Å²) in [6, 6.07) is 12.8. The van der Waals surface area contributed by atoms with E-state index in [0.29, 0.717) is 10.7 Å². The highest BCUT2D eigenvalue weighted by molar-refractivity contribution is 7.99. The van der Waals surface area contributed by atoms with Crippen LogP contribution in [-0.2, 0) is 11.4 Å². The molecule has 1 aromatic heterocycles. The van der Waals surface area contributed by atoms with Gasteiger partial charge in [0.25, 0.3) is 11.1 Å². The Labute approximate surface area is 157 Å². The summed E-state index contributed by atoms with van der Waals surface area (Å²) in [7, 11) is 0. The van der Waals surface area contributed by atoms with E-state index >= 15 is 0 Å². The van der Waals surface area contributed by atoms with Gasteiger partial charge in [-0.1, -0.05) is 35.5 Å². The number of thioether (sulfide) groups is 1. The number of aromatic nitrogens is 2. The molecule has 0 fully saturated rings. The minimum Gasteiger partial charge on any atom is -0.481 e. The van der Waals surface area contributed by atoms with Crippen molar-refractivity contribution >= 4 is 35.0 Å². The zero-order valence-corrected chi connectivity index (χ0v) is 14.9. The topological polar surface area (TPSA) is 77.2 Å². The second-order valence-corrected chi connectivity index (χ2v) is 6.39. The van der Waals surface area contributed by atoms with E-state index in [2.05, 4.69) is 15.5 Å². The van der Waals surface area contributed by atoms with Crippen LogP contribution in [0.5, 0.6) is 5.75 Å². The Morgan fingerprint density at radius 3 is 2.73 bits per heavy atom. The fraction of sp³-hybridized carbons (Fsp3) is 0.118. The summed E-state index contributed by atoms with van der Waals surface area (Å²) in [4.78, 5) is 11.9. The number of carbonyl (C=O) groups is 1. The molecule has 0 aliphatic heterocycles. The lowest BCUT2D eigenvalue weighted by Crippen LogP contribution is -2.13. The average Bonchev–Trinajstić information content (AvgIpc) is 3.09. The van der Waals surface area contributed by atoms with Gasteiger partial charge in [-0.05, 0) is 36.4 Å². The van der Waals surface area contributed by atoms with Crippen LogP contribution in [0, 0.1) is 5.82 Å². The maximum Gasteiger partial charge on any atom is 0.277 e. The van der Waals surface area contributed by atoms with Crippen molar-refractivity contribution in [2.75, 3.05) is 11.1 Å². The number of carbonyl (C=O) groups excluding carboxylic acids is 1. The third-order valence-corrected chi connectivity index (χ3v) is 4.16. The lowest BCUT2D eigenvalue weighted by Gasteiger charge is -2.04. The van der Waals surface area contributed by atoms with E-state index < -0.39 is 5.82 Å². The minimum absolute atomic E-state index is 0.0640. The molecule has 134 valence electrons. The summed E-state index contributed by atoms with van der Waals surface area (Å²) in [5, 5.41) is 11.2. The molecule has 0 saturated carbocycles. The number of halogens is 2. The van der Waals surface area contributed by atoms with Gasteiger partial charge in [0, 0.05) is 10.7 Å². The van der Waals surface area contributed by atoms with E-state index in [4.69, 9.17) is 20.8 Å². The van der Waals surface area contributed by atoms with Crippen molar-refractivity contribution in [2.24, 2.45) is 0 Å². The monoisotopic (exact) mass is 393 g/mol. The van der Waals surface area contributed by atoms with Crippen LogP contribution in [0.25, 0.3) is 0 Å². The fourth-order valence-electron chi connectivity index (χ4n) is 1.91. The van der Waals surface area contributed by atoms with Gasteiger partial charge in [-0.15, -0.1) is 10.2 Å². The quantitative estimate of drug-likeness (QED) is 0.607. The third kappa shape index (κ3) is 5.21. The maximum absolute atomic E-state index is 13.5. The number of benzene rings is 2. The zero-order valence-electron chi connectivity index (χ0n) is 13.3. The summed E-state index contributed by atoms with van der Waals surface area (Å²) < 4.78 is 24.1. The van der Waals surface area contributed by atoms with Crippen molar-refractivity contribution in [2.45, 2.75) is 11.8 Å². The van der Waals surface area contributed by atoms with Crippen LogP contribution in [0.15, 0.2) is 58.2 Å². The van der Waals surface area contributed by atoms with Crippen LogP contribution >= 0.6 is 23.4 Å². The highest BCUT2D eigenvalue weighted by Gasteiger charge is 2.11. The Hall–Kier alpha value is -2.58. The first-order valence-electron chi connectivity index (χ1n) is 7.48. The Bertz CT molecular complexity index is 889. The van der Waals surface area contributed by atoms with Crippen molar-refractivity contribution < 1.29 is 18.3 Å². The molecular formula is C17H13ClFN3O3S. The summed E-state index contributed by atoms with van der Waals surface area (Å²) >= 11 is 6.88. The third-order valence-electron chi connectivity index (χ3n) is 3.09. The first-order valence-corrected chi connectivity index (χ1v) is 8.84. The molecule has 0 unspecified atom stereocenters. The highest BCUT2D eigenvalue weighted by Crippen LogP contribution is 2.20. The molecule has 0 saturated heterocycles. The fourth-order valence-corrected chi connectivity index (χ4v) is 2.62. The second-order valence-electron chi connectivity index (χ2n) is 5.02. The van der Waals surface area contributed by atoms with Crippen molar-refractivity contribution in [3.8, 4) is 5.75 Å². The van der Waals surface area contributed by atoms with Gasteiger partial charge < -0.3 is 14.5 Å². The number of rotatable bonds is 7. The average molecular weight is 394 g/mol. The van der Waals surface area contributed by atoms with Crippen LogP contribution in [0.2, 0.25) is 5.02 Å². The van der Waals surface area contributed by atoms with Gasteiger partial charge in [0.05, 0.1) is 5.75 Å². The van der Waals surface area contributed by atoms with E-state index in [1.54, 1.807) is 36.4 Å². The lowest BCUT2D eigenvalue weighted by molar-refractivity contribution is -0.113. The van der Waals surface area contributed by atoms with Crippen LogP contribution in [0.3, 0.4) is 0 Å². The molecular weight excluding hydrogens is 381 g/mol. The van der Waals surface area contributed by atoms with E-state index in [1.807, 2.05) is 0 Å². The smallest absolute Gasteiger partial charge is 0.277 e. The molecule has 6 nitrogen and oxygen atoms in total. The summed E-state index contributed by atoms with van der Waals surface area (Å²) in [6.07, 6.45) is 0. The van der Waals surface area contributed by atoms with Gasteiger partial charge in [0.15, 0.2) is 18.2 Å². The Balaban J connectivity index is 1.46. The van der Waals surface area contributed by atoms with Gasteiger partial charge in [0.2, 0.25) is 5.91 Å². The summed E-state index contributed by atoms with van der Waals surface area (Å²) in [5.74, 6) is -0.311. The van der Waals surface area contributed by atoms with E-state index in [-0.39, 0.29) is 35.1 Å². The maximum atomic E-state index is 13.5. The summed E-state index contributed by atoms with van der Waals surface area (Å²) in [6.45, 7) is -0.0640. The molecule has 3 aromatic rings. The molecule has 0 radical (unpaired) electrons. The Morgan fingerprint density at radius 2 is 1.96 bits per heavy atom. The molecule has 0 atom stereocenters. The molecule has 2 aromatic carbocycles. The number of hydrogen-bond acceptors (Lipinski definition) is 6. The van der Waals surface area contributed by atoms with Crippen LogP contribution in [0.1, 0.15) is 5.89 Å². The SMILES string of the molecule is O=C(CSc1nnc(COc2ccccc2F)o1)Nc1ccc(Cl)cc1. The molecule has 0 bridgehead atoms. The second kappa shape index (κ2) is 8.68. The minimum atomic E-state index is -0.472. The normalized spacial score (nSPS) is 10.5. The molecule has 0 spiro atoms. The zero-order chi connectivity index (χ0) is 18.4. The number of ether oxygens (including phenoxy) is 1. The first-order chi connectivity index (χ1) is 12.6. The van der Waals surface area contributed by atoms with Crippen molar-refractivity contribution in [1.82, 2.24) is 10.2 Å². The predicted octanol–water partition coefficient (Wildman–Crippen LogP) is 4.17. The van der Waals surface area contributed by atoms with Gasteiger partial charge in [-0.3, -0.25) is 4.79 Å². The molecule has 9 heteroatoms. The number of nitrogens with zero attached hydrogens (tertiary/aromatic N) is 2. The largest absolute Gasteiger partial charge is 0.481 e. The summed E-state index contributed by atoms with van der Waals surface area (Å²) in [5.41, 5.74) is 0.643. The van der Waals surface area contributed by atoms with Gasteiger partial charge in [-0.2, -0.15) is 0 Å². The molecule has 26 heavy (non-hydrogen) atoms. The number of amides is 1. The molecule has 1 amide bonds. The predicted molar refractivity (Wildman–Crippen MR) is 95.8 cm³/mol. The van der Waals surface area contributed by atoms with Crippen molar-refractivity contribution in [3.63, 3.8) is 0 Å². The molecule has 0 aliphatic rings. The van der Waals surface area contributed by atoms with Crippen LogP contribution in [0.4, 0.5) is 10.1 Å². The van der Waals surface area contributed by atoms with Crippen molar-refractivity contribution in [3.05, 3.63) is 65.3 Å². The number of anilines is 1. The van der Waals surface area contributed by atoms with Crippen LogP contribution < -0.4 is 10.1 Å². The standard InChI is InChI=1S/C17H13ClFN3O3S/c18-11-5-7-12(8-6-11)20-15(23)10-26-17-22-21-16(25-17)9-24-14-4-2-1-3-13(14)19/h1-8H,9-10H2,(H,20,23). The van der Waals surface area contributed by atoms with Gasteiger partial charge in [0.1, 0.15) is 0 Å². The highest BCUT2D eigenvalue weighted by atomic mass is 35.5. The number of nitrogens with one attached hydrogen (secondary N) is 1. The van der Waals surface area contributed by atoms with Gasteiger partial charge >= 0.3 is 0 Å². The molecule has 3 rings (SSSR count). The molecule has 1 heterocycles.